The van der Waals surface area contributed by atoms with Crippen LogP contribution in [0.4, 0.5) is 4.39 Å². The first-order valence-corrected chi connectivity index (χ1v) is 7.20. The predicted molar refractivity (Wildman–Crippen MR) is 76.7 cm³/mol. The summed E-state index contributed by atoms with van der Waals surface area (Å²) in [5.41, 5.74) is 0.0961. The second-order valence-corrected chi connectivity index (χ2v) is 6.08. The van der Waals surface area contributed by atoms with E-state index in [4.69, 9.17) is 0 Å². The molecule has 1 aromatic rings. The third-order valence-electron chi connectivity index (χ3n) is 3.63. The van der Waals surface area contributed by atoms with Crippen LogP contribution in [0.25, 0.3) is 0 Å². The molecule has 1 aromatic carbocycles. The zero-order valence-electron chi connectivity index (χ0n) is 11.1. The normalized spacial score (nSPS) is 22.8. The number of amides is 1. The number of nitrogens with zero attached hydrogens (tertiary/aromatic N) is 1. The van der Waals surface area contributed by atoms with Gasteiger partial charge in [0.15, 0.2) is 0 Å². The van der Waals surface area contributed by atoms with E-state index in [-0.39, 0.29) is 17.5 Å². The Hall–Kier alpha value is -0.940. The number of carbonyl (C=O) groups is 1. The topological polar surface area (TPSA) is 32.3 Å². The van der Waals surface area contributed by atoms with Crippen molar-refractivity contribution in [3.63, 3.8) is 0 Å². The van der Waals surface area contributed by atoms with Gasteiger partial charge in [-0.3, -0.25) is 4.79 Å². The second kappa shape index (κ2) is 6.01. The number of carbonyl (C=O) groups excluding carboxylic acids is 1. The SMILES string of the molecule is CN(C)[C@H]1CCC[C@H]1NC(=O)c1cc(Br)ccc1F. The van der Waals surface area contributed by atoms with Crippen molar-refractivity contribution in [1.82, 2.24) is 10.2 Å². The number of hydrogen-bond acceptors (Lipinski definition) is 2. The van der Waals surface area contributed by atoms with E-state index >= 15 is 0 Å². The summed E-state index contributed by atoms with van der Waals surface area (Å²) in [6.45, 7) is 0. The van der Waals surface area contributed by atoms with Gasteiger partial charge in [0.1, 0.15) is 5.82 Å². The number of halogens is 2. The standard InChI is InChI=1S/C14H18BrFN2O/c1-18(2)13-5-3-4-12(13)17-14(19)10-8-9(15)6-7-11(10)16/h6-8,12-13H,3-5H2,1-2H3,(H,17,19)/t12-,13+/m1/s1. The molecule has 104 valence electrons. The smallest absolute Gasteiger partial charge is 0.254 e. The fourth-order valence-electron chi connectivity index (χ4n) is 2.64. The molecule has 0 aliphatic heterocycles. The lowest BCUT2D eigenvalue weighted by Crippen LogP contribution is -2.46. The largest absolute Gasteiger partial charge is 0.348 e. The molecule has 0 bridgehead atoms. The van der Waals surface area contributed by atoms with E-state index in [0.29, 0.717) is 10.5 Å². The van der Waals surface area contributed by atoms with E-state index in [1.54, 1.807) is 6.07 Å². The first kappa shape index (κ1) is 14.5. The van der Waals surface area contributed by atoms with Crippen molar-refractivity contribution < 1.29 is 9.18 Å². The van der Waals surface area contributed by atoms with Gasteiger partial charge in [0.25, 0.3) is 5.91 Å². The molecule has 19 heavy (non-hydrogen) atoms. The van der Waals surface area contributed by atoms with E-state index in [9.17, 15) is 9.18 Å². The van der Waals surface area contributed by atoms with Crippen molar-refractivity contribution >= 4 is 21.8 Å². The summed E-state index contributed by atoms with van der Waals surface area (Å²) in [7, 11) is 4.02. The number of benzene rings is 1. The van der Waals surface area contributed by atoms with E-state index in [0.717, 1.165) is 19.3 Å². The molecule has 5 heteroatoms. The fraction of sp³-hybridized carbons (Fsp3) is 0.500. The third-order valence-corrected chi connectivity index (χ3v) is 4.13. The van der Waals surface area contributed by atoms with Crippen molar-refractivity contribution in [2.75, 3.05) is 14.1 Å². The lowest BCUT2D eigenvalue weighted by molar-refractivity contribution is 0.0915. The third kappa shape index (κ3) is 3.34. The quantitative estimate of drug-likeness (QED) is 0.925. The van der Waals surface area contributed by atoms with Gasteiger partial charge in [0.05, 0.1) is 5.56 Å². The highest BCUT2D eigenvalue weighted by Gasteiger charge is 2.30. The molecule has 2 rings (SSSR count). The minimum atomic E-state index is -0.486. The van der Waals surface area contributed by atoms with Crippen LogP contribution in [0.1, 0.15) is 29.6 Å². The predicted octanol–water partition coefficient (Wildman–Crippen LogP) is 2.80. The van der Waals surface area contributed by atoms with Crippen LogP contribution < -0.4 is 5.32 Å². The molecule has 1 aliphatic carbocycles. The van der Waals surface area contributed by atoms with Crippen LogP contribution >= 0.6 is 15.9 Å². The average Bonchev–Trinajstić information content (AvgIpc) is 2.80. The molecule has 0 saturated heterocycles. The molecule has 3 nitrogen and oxygen atoms in total. The van der Waals surface area contributed by atoms with Gasteiger partial charge in [0, 0.05) is 16.6 Å². The Balaban J connectivity index is 2.10. The number of hydrogen-bond donors (Lipinski definition) is 1. The highest BCUT2D eigenvalue weighted by atomic mass is 79.9. The highest BCUT2D eigenvalue weighted by Crippen LogP contribution is 2.23. The Bertz CT molecular complexity index is 479. The van der Waals surface area contributed by atoms with Crippen LogP contribution in [0.3, 0.4) is 0 Å². The molecule has 1 fully saturated rings. The van der Waals surface area contributed by atoms with Crippen molar-refractivity contribution in [2.45, 2.75) is 31.3 Å². The zero-order valence-corrected chi connectivity index (χ0v) is 12.7. The molecule has 1 N–H and O–H groups in total. The average molecular weight is 329 g/mol. The summed E-state index contributed by atoms with van der Waals surface area (Å²) in [5.74, 6) is -0.822. The van der Waals surface area contributed by atoms with Gasteiger partial charge in [-0.1, -0.05) is 15.9 Å². The molecular formula is C14H18BrFN2O. The number of nitrogens with one attached hydrogen (secondary N) is 1. The Labute approximate surface area is 121 Å². The van der Waals surface area contributed by atoms with Gasteiger partial charge in [0.2, 0.25) is 0 Å². The zero-order chi connectivity index (χ0) is 14.0. The maximum Gasteiger partial charge on any atom is 0.254 e. The van der Waals surface area contributed by atoms with Gasteiger partial charge < -0.3 is 10.2 Å². The van der Waals surface area contributed by atoms with E-state index in [2.05, 4.69) is 26.1 Å². The molecule has 0 aromatic heterocycles. The maximum absolute atomic E-state index is 13.7. The van der Waals surface area contributed by atoms with Crippen LogP contribution in [0.2, 0.25) is 0 Å². The summed E-state index contributed by atoms with van der Waals surface area (Å²) in [4.78, 5) is 14.3. The Morgan fingerprint density at radius 2 is 2.16 bits per heavy atom. The summed E-state index contributed by atoms with van der Waals surface area (Å²) in [5, 5.41) is 2.95. The maximum atomic E-state index is 13.7. The second-order valence-electron chi connectivity index (χ2n) is 5.17. The minimum Gasteiger partial charge on any atom is -0.348 e. The molecule has 0 spiro atoms. The summed E-state index contributed by atoms with van der Waals surface area (Å²) >= 11 is 3.26. The van der Waals surface area contributed by atoms with Crippen LogP contribution in [0.15, 0.2) is 22.7 Å². The summed E-state index contributed by atoms with van der Waals surface area (Å²) in [6, 6.07) is 4.84. The van der Waals surface area contributed by atoms with Crippen molar-refractivity contribution in [3.8, 4) is 0 Å². The first-order valence-electron chi connectivity index (χ1n) is 6.41. The molecule has 1 amide bonds. The summed E-state index contributed by atoms with van der Waals surface area (Å²) < 4.78 is 14.4. The Kier molecular flexibility index (Phi) is 4.58. The van der Waals surface area contributed by atoms with Crippen LogP contribution in [-0.4, -0.2) is 37.0 Å². The van der Waals surface area contributed by atoms with E-state index in [1.165, 1.54) is 12.1 Å². The van der Waals surface area contributed by atoms with Crippen LogP contribution in [-0.2, 0) is 0 Å². The molecular weight excluding hydrogens is 311 g/mol. The van der Waals surface area contributed by atoms with Gasteiger partial charge in [-0.2, -0.15) is 0 Å². The lowest BCUT2D eigenvalue weighted by atomic mass is 10.1. The lowest BCUT2D eigenvalue weighted by Gasteiger charge is -2.27. The van der Waals surface area contributed by atoms with Gasteiger partial charge in [-0.15, -0.1) is 0 Å². The minimum absolute atomic E-state index is 0.0961. The van der Waals surface area contributed by atoms with Crippen molar-refractivity contribution in [3.05, 3.63) is 34.1 Å². The van der Waals surface area contributed by atoms with Gasteiger partial charge in [-0.25, -0.2) is 4.39 Å². The molecule has 0 radical (unpaired) electrons. The number of rotatable bonds is 3. The summed E-state index contributed by atoms with van der Waals surface area (Å²) in [6.07, 6.45) is 3.11. The number of likely N-dealkylation sites (N-methyl/N-ethyl adjacent to an activating group) is 1. The van der Waals surface area contributed by atoms with Crippen LogP contribution in [0.5, 0.6) is 0 Å². The van der Waals surface area contributed by atoms with Crippen molar-refractivity contribution in [1.29, 1.82) is 0 Å². The monoisotopic (exact) mass is 328 g/mol. The van der Waals surface area contributed by atoms with E-state index in [1.807, 2.05) is 14.1 Å². The fourth-order valence-corrected chi connectivity index (χ4v) is 3.01. The Morgan fingerprint density at radius 3 is 2.84 bits per heavy atom. The first-order chi connectivity index (χ1) is 8.99. The highest BCUT2D eigenvalue weighted by molar-refractivity contribution is 9.10. The Morgan fingerprint density at radius 1 is 1.42 bits per heavy atom. The molecule has 0 heterocycles. The van der Waals surface area contributed by atoms with Crippen LogP contribution in [0, 0.1) is 5.82 Å². The molecule has 1 aliphatic rings. The van der Waals surface area contributed by atoms with Gasteiger partial charge >= 0.3 is 0 Å². The molecule has 2 atom stereocenters. The van der Waals surface area contributed by atoms with Gasteiger partial charge in [-0.05, 0) is 51.6 Å². The molecule has 0 unspecified atom stereocenters. The van der Waals surface area contributed by atoms with E-state index < -0.39 is 5.82 Å². The van der Waals surface area contributed by atoms with Crippen molar-refractivity contribution in [2.24, 2.45) is 0 Å². The molecule has 1 saturated carbocycles.